The third-order valence-corrected chi connectivity index (χ3v) is 6.70. The highest BCUT2D eigenvalue weighted by molar-refractivity contribution is 7.89. The predicted octanol–water partition coefficient (Wildman–Crippen LogP) is 1.10. The van der Waals surface area contributed by atoms with Crippen LogP contribution in [-0.2, 0) is 17.1 Å². The summed E-state index contributed by atoms with van der Waals surface area (Å²) in [5.74, 6) is -0.204. The van der Waals surface area contributed by atoms with E-state index in [0.29, 0.717) is 18.8 Å². The van der Waals surface area contributed by atoms with Gasteiger partial charge in [0.15, 0.2) is 0 Å². The number of sulfonamides is 1. The number of aryl methyl sites for hydroxylation is 1. The molecular formula is C16H27ClN4O3S. The van der Waals surface area contributed by atoms with Gasteiger partial charge < -0.3 is 15.2 Å². The molecule has 0 spiro atoms. The van der Waals surface area contributed by atoms with Gasteiger partial charge in [-0.05, 0) is 44.8 Å². The van der Waals surface area contributed by atoms with Crippen molar-refractivity contribution in [3.8, 4) is 0 Å². The van der Waals surface area contributed by atoms with Gasteiger partial charge in [0.25, 0.3) is 5.91 Å². The first-order valence-electron chi connectivity index (χ1n) is 8.66. The van der Waals surface area contributed by atoms with E-state index in [1.807, 2.05) is 0 Å². The van der Waals surface area contributed by atoms with Crippen molar-refractivity contribution in [2.75, 3.05) is 26.2 Å². The lowest BCUT2D eigenvalue weighted by Crippen LogP contribution is -2.43. The fourth-order valence-electron chi connectivity index (χ4n) is 3.38. The largest absolute Gasteiger partial charge is 0.348 e. The van der Waals surface area contributed by atoms with Crippen molar-refractivity contribution in [3.63, 3.8) is 0 Å². The minimum Gasteiger partial charge on any atom is -0.348 e. The number of aromatic nitrogens is 1. The van der Waals surface area contributed by atoms with Gasteiger partial charge in [-0.3, -0.25) is 4.79 Å². The molecule has 7 nitrogen and oxygen atoms in total. The molecule has 0 saturated carbocycles. The number of amides is 1. The number of halogens is 1. The smallest absolute Gasteiger partial charge is 0.268 e. The highest BCUT2D eigenvalue weighted by atomic mass is 35.5. The molecule has 0 unspecified atom stereocenters. The molecule has 2 saturated heterocycles. The Bertz CT molecular complexity index is 692. The van der Waals surface area contributed by atoms with Crippen LogP contribution < -0.4 is 10.6 Å². The third-order valence-electron chi connectivity index (χ3n) is 4.84. The minimum absolute atomic E-state index is 0. The summed E-state index contributed by atoms with van der Waals surface area (Å²) in [7, 11) is -1.79. The van der Waals surface area contributed by atoms with Crippen LogP contribution in [0.2, 0.25) is 0 Å². The molecule has 25 heavy (non-hydrogen) atoms. The van der Waals surface area contributed by atoms with Crippen LogP contribution in [0.1, 0.15) is 42.6 Å². The monoisotopic (exact) mass is 390 g/mol. The van der Waals surface area contributed by atoms with Crippen LogP contribution in [0.15, 0.2) is 17.2 Å². The van der Waals surface area contributed by atoms with Gasteiger partial charge in [0.2, 0.25) is 10.0 Å². The molecule has 9 heteroatoms. The van der Waals surface area contributed by atoms with Gasteiger partial charge in [-0.25, -0.2) is 8.42 Å². The summed E-state index contributed by atoms with van der Waals surface area (Å²) >= 11 is 0. The van der Waals surface area contributed by atoms with Crippen molar-refractivity contribution in [3.05, 3.63) is 18.0 Å². The topological polar surface area (TPSA) is 83.4 Å². The molecule has 2 aliphatic heterocycles. The maximum atomic E-state index is 12.7. The lowest BCUT2D eigenvalue weighted by molar-refractivity contribution is 0.0921. The van der Waals surface area contributed by atoms with E-state index < -0.39 is 10.0 Å². The second kappa shape index (κ2) is 8.53. The van der Waals surface area contributed by atoms with Crippen LogP contribution in [0.3, 0.4) is 0 Å². The first-order chi connectivity index (χ1) is 11.5. The Kier molecular flexibility index (Phi) is 6.90. The van der Waals surface area contributed by atoms with Crippen molar-refractivity contribution in [1.82, 2.24) is 19.5 Å². The molecule has 0 aliphatic carbocycles. The lowest BCUT2D eigenvalue weighted by atomic mass is 10.1. The minimum atomic E-state index is -3.51. The van der Waals surface area contributed by atoms with Crippen LogP contribution in [0.4, 0.5) is 0 Å². The van der Waals surface area contributed by atoms with Crippen molar-refractivity contribution < 1.29 is 13.2 Å². The second-order valence-electron chi connectivity index (χ2n) is 6.63. The molecule has 1 amide bonds. The van der Waals surface area contributed by atoms with E-state index in [4.69, 9.17) is 0 Å². The second-order valence-corrected chi connectivity index (χ2v) is 8.57. The molecule has 2 aliphatic rings. The fraction of sp³-hybridized carbons (Fsp3) is 0.688. The van der Waals surface area contributed by atoms with Crippen LogP contribution >= 0.6 is 12.4 Å². The van der Waals surface area contributed by atoms with Crippen molar-refractivity contribution in [2.45, 2.75) is 43.0 Å². The average Bonchev–Trinajstić information content (AvgIpc) is 2.99. The molecule has 0 aromatic carbocycles. The number of carbonyl (C=O) groups is 1. The molecule has 0 radical (unpaired) electrons. The predicted molar refractivity (Wildman–Crippen MR) is 98.6 cm³/mol. The van der Waals surface area contributed by atoms with Gasteiger partial charge >= 0.3 is 0 Å². The van der Waals surface area contributed by atoms with E-state index in [9.17, 15) is 13.2 Å². The number of carbonyl (C=O) groups excluding carboxylic acids is 1. The SMILES string of the molecule is Cl.Cn1cc(S(=O)(=O)N2CCCCC2)cc1C(=O)NC1CCNCC1. The third kappa shape index (κ3) is 4.55. The summed E-state index contributed by atoms with van der Waals surface area (Å²) < 4.78 is 28.6. The first kappa shape index (κ1) is 20.2. The quantitative estimate of drug-likeness (QED) is 0.806. The zero-order valence-corrected chi connectivity index (χ0v) is 16.2. The number of nitrogens with one attached hydrogen (secondary N) is 2. The normalized spacial score (nSPS) is 20.0. The molecule has 2 N–H and O–H groups in total. The molecular weight excluding hydrogens is 364 g/mol. The molecule has 1 aromatic heterocycles. The number of nitrogens with zero attached hydrogens (tertiary/aromatic N) is 2. The summed E-state index contributed by atoms with van der Waals surface area (Å²) in [5.41, 5.74) is 0.393. The summed E-state index contributed by atoms with van der Waals surface area (Å²) in [4.78, 5) is 12.7. The van der Waals surface area contributed by atoms with Gasteiger partial charge in [0.1, 0.15) is 10.6 Å². The van der Waals surface area contributed by atoms with Gasteiger partial charge in [0.05, 0.1) is 0 Å². The molecule has 3 rings (SSSR count). The maximum absolute atomic E-state index is 12.7. The molecule has 3 heterocycles. The van der Waals surface area contributed by atoms with Crippen molar-refractivity contribution >= 4 is 28.3 Å². The standard InChI is InChI=1S/C16H26N4O3S.ClH/c1-19-12-14(24(22,23)20-9-3-2-4-10-20)11-15(19)16(21)18-13-5-7-17-8-6-13;/h11-13,17H,2-10H2,1H3,(H,18,21);1H. The Balaban J connectivity index is 0.00000225. The van der Waals surface area contributed by atoms with Gasteiger partial charge in [-0.1, -0.05) is 6.42 Å². The zero-order chi connectivity index (χ0) is 17.2. The van der Waals surface area contributed by atoms with Gasteiger partial charge in [-0.15, -0.1) is 12.4 Å². The Morgan fingerprint density at radius 3 is 2.48 bits per heavy atom. The Morgan fingerprint density at radius 1 is 1.20 bits per heavy atom. The van der Waals surface area contributed by atoms with Gasteiger partial charge in [0, 0.05) is 32.4 Å². The van der Waals surface area contributed by atoms with E-state index in [2.05, 4.69) is 10.6 Å². The summed E-state index contributed by atoms with van der Waals surface area (Å²) in [5, 5.41) is 6.27. The first-order valence-corrected chi connectivity index (χ1v) is 10.1. The maximum Gasteiger partial charge on any atom is 0.268 e. The highest BCUT2D eigenvalue weighted by Crippen LogP contribution is 2.22. The van der Waals surface area contributed by atoms with Gasteiger partial charge in [-0.2, -0.15) is 4.31 Å². The van der Waals surface area contributed by atoms with Crippen molar-refractivity contribution in [1.29, 1.82) is 0 Å². The van der Waals surface area contributed by atoms with E-state index in [-0.39, 0.29) is 29.3 Å². The van der Waals surface area contributed by atoms with Crippen LogP contribution in [0.25, 0.3) is 0 Å². The van der Waals surface area contributed by atoms with Crippen LogP contribution in [0, 0.1) is 0 Å². The number of hydrogen-bond acceptors (Lipinski definition) is 4. The number of rotatable bonds is 4. The molecule has 0 atom stereocenters. The lowest BCUT2D eigenvalue weighted by Gasteiger charge is -2.25. The number of hydrogen-bond donors (Lipinski definition) is 2. The Labute approximate surface area is 155 Å². The fourth-order valence-corrected chi connectivity index (χ4v) is 4.97. The molecule has 0 bridgehead atoms. The molecule has 2 fully saturated rings. The Morgan fingerprint density at radius 2 is 1.84 bits per heavy atom. The van der Waals surface area contributed by atoms with E-state index in [1.54, 1.807) is 17.8 Å². The summed E-state index contributed by atoms with van der Waals surface area (Å²) in [6.07, 6.45) is 6.21. The summed E-state index contributed by atoms with van der Waals surface area (Å²) in [6.45, 7) is 2.92. The van der Waals surface area contributed by atoms with E-state index in [1.165, 1.54) is 10.4 Å². The Hall–Kier alpha value is -1.09. The zero-order valence-electron chi connectivity index (χ0n) is 14.5. The molecule has 142 valence electrons. The van der Waals surface area contributed by atoms with E-state index in [0.717, 1.165) is 45.2 Å². The van der Waals surface area contributed by atoms with Crippen molar-refractivity contribution in [2.24, 2.45) is 7.05 Å². The highest BCUT2D eigenvalue weighted by Gasteiger charge is 2.29. The number of piperidine rings is 2. The summed E-state index contributed by atoms with van der Waals surface area (Å²) in [6, 6.07) is 1.65. The van der Waals surface area contributed by atoms with E-state index >= 15 is 0 Å². The van der Waals surface area contributed by atoms with Crippen LogP contribution in [0.5, 0.6) is 0 Å². The average molecular weight is 391 g/mol. The van der Waals surface area contributed by atoms with Crippen LogP contribution in [-0.4, -0.2) is 55.4 Å². The molecule has 1 aromatic rings.